The molecular formula is C14H8ClF3N2O. The van der Waals surface area contributed by atoms with Gasteiger partial charge in [-0.2, -0.15) is 18.4 Å². The lowest BCUT2D eigenvalue weighted by molar-refractivity contribution is -0.141. The van der Waals surface area contributed by atoms with Gasteiger partial charge >= 0.3 is 6.18 Å². The van der Waals surface area contributed by atoms with Gasteiger partial charge in [-0.25, -0.2) is 4.98 Å². The van der Waals surface area contributed by atoms with Crippen molar-refractivity contribution in [2.24, 2.45) is 0 Å². The average Bonchev–Trinajstić information content (AvgIpc) is 2.42. The van der Waals surface area contributed by atoms with Crippen LogP contribution in [0.1, 0.15) is 16.8 Å². The van der Waals surface area contributed by atoms with Gasteiger partial charge in [0.05, 0.1) is 5.02 Å². The normalized spacial score (nSPS) is 11.0. The lowest BCUT2D eigenvalue weighted by Gasteiger charge is -2.11. The summed E-state index contributed by atoms with van der Waals surface area (Å²) in [6.45, 7) is 1.77. The Labute approximate surface area is 123 Å². The van der Waals surface area contributed by atoms with Crippen LogP contribution in [-0.4, -0.2) is 4.98 Å². The van der Waals surface area contributed by atoms with Crippen molar-refractivity contribution in [3.8, 4) is 17.7 Å². The molecule has 0 aliphatic rings. The Bertz CT molecular complexity index is 723. The number of benzene rings is 1. The van der Waals surface area contributed by atoms with Crippen LogP contribution in [0.15, 0.2) is 30.3 Å². The number of aromatic nitrogens is 1. The van der Waals surface area contributed by atoms with E-state index < -0.39 is 17.8 Å². The minimum absolute atomic E-state index is 0.111. The first-order valence-corrected chi connectivity index (χ1v) is 6.11. The fraction of sp³-hybridized carbons (Fsp3) is 0.143. The van der Waals surface area contributed by atoms with Crippen LogP contribution in [-0.2, 0) is 6.18 Å². The SMILES string of the molecule is Cc1ccc(Cl)c(Oc2nc(C(F)(F)F)ccc2C#N)c1. The Kier molecular flexibility index (Phi) is 4.05. The summed E-state index contributed by atoms with van der Waals surface area (Å²) in [6, 6.07) is 8.28. The summed E-state index contributed by atoms with van der Waals surface area (Å²) in [5.41, 5.74) is -0.444. The Balaban J connectivity index is 2.47. The van der Waals surface area contributed by atoms with Crippen LogP contribution in [0, 0.1) is 18.3 Å². The fourth-order valence-electron chi connectivity index (χ4n) is 1.55. The zero-order chi connectivity index (χ0) is 15.6. The van der Waals surface area contributed by atoms with E-state index in [0.29, 0.717) is 0 Å². The molecule has 0 saturated heterocycles. The molecule has 0 aliphatic heterocycles. The number of nitriles is 1. The molecule has 0 spiro atoms. The maximum absolute atomic E-state index is 12.7. The summed E-state index contributed by atoms with van der Waals surface area (Å²) in [5, 5.41) is 9.14. The molecule has 7 heteroatoms. The van der Waals surface area contributed by atoms with Gasteiger partial charge in [0, 0.05) is 0 Å². The monoisotopic (exact) mass is 312 g/mol. The second-order valence-electron chi connectivity index (χ2n) is 4.19. The van der Waals surface area contributed by atoms with E-state index in [1.54, 1.807) is 31.2 Å². The van der Waals surface area contributed by atoms with E-state index in [1.807, 2.05) is 0 Å². The smallest absolute Gasteiger partial charge is 0.433 e. The first-order chi connectivity index (χ1) is 9.81. The molecule has 3 nitrogen and oxygen atoms in total. The summed E-state index contributed by atoms with van der Waals surface area (Å²) in [4.78, 5) is 3.35. The van der Waals surface area contributed by atoms with Gasteiger partial charge in [-0.1, -0.05) is 17.7 Å². The summed E-state index contributed by atoms with van der Waals surface area (Å²) in [5.74, 6) is -0.292. The molecule has 0 unspecified atom stereocenters. The number of aryl methyl sites for hydroxylation is 1. The lowest BCUT2D eigenvalue weighted by atomic mass is 10.2. The van der Waals surface area contributed by atoms with E-state index >= 15 is 0 Å². The predicted molar refractivity (Wildman–Crippen MR) is 70.2 cm³/mol. The Morgan fingerprint density at radius 3 is 2.57 bits per heavy atom. The first-order valence-electron chi connectivity index (χ1n) is 5.73. The van der Waals surface area contributed by atoms with E-state index in [0.717, 1.165) is 17.7 Å². The molecule has 1 aromatic carbocycles. The number of nitrogens with zero attached hydrogens (tertiary/aromatic N) is 2. The van der Waals surface area contributed by atoms with E-state index in [4.69, 9.17) is 21.6 Å². The summed E-state index contributed by atoms with van der Waals surface area (Å²) < 4.78 is 43.3. The molecule has 2 rings (SSSR count). The number of hydrogen-bond donors (Lipinski definition) is 0. The van der Waals surface area contributed by atoms with Gasteiger partial charge in [-0.3, -0.25) is 0 Å². The third-order valence-corrected chi connectivity index (χ3v) is 2.88. The Morgan fingerprint density at radius 2 is 1.95 bits per heavy atom. The van der Waals surface area contributed by atoms with Crippen molar-refractivity contribution in [3.63, 3.8) is 0 Å². The molecule has 108 valence electrons. The minimum Gasteiger partial charge on any atom is -0.436 e. The van der Waals surface area contributed by atoms with E-state index in [2.05, 4.69) is 4.98 Å². The van der Waals surface area contributed by atoms with Gasteiger partial charge < -0.3 is 4.74 Å². The van der Waals surface area contributed by atoms with E-state index in [1.165, 1.54) is 0 Å². The highest BCUT2D eigenvalue weighted by molar-refractivity contribution is 6.32. The fourth-order valence-corrected chi connectivity index (χ4v) is 1.71. The lowest BCUT2D eigenvalue weighted by Crippen LogP contribution is -2.09. The number of hydrogen-bond acceptors (Lipinski definition) is 3. The zero-order valence-corrected chi connectivity index (χ0v) is 11.5. The van der Waals surface area contributed by atoms with Crippen LogP contribution in [0.5, 0.6) is 11.6 Å². The molecule has 0 aliphatic carbocycles. The number of halogens is 4. The van der Waals surface area contributed by atoms with E-state index in [-0.39, 0.29) is 16.3 Å². The molecule has 0 radical (unpaired) electrons. The summed E-state index contributed by atoms with van der Waals surface area (Å²) in [6.07, 6.45) is -4.62. The van der Waals surface area contributed by atoms with Crippen LogP contribution in [0.2, 0.25) is 5.02 Å². The number of alkyl halides is 3. The molecule has 2 aromatic rings. The van der Waals surface area contributed by atoms with Crippen molar-refractivity contribution < 1.29 is 17.9 Å². The molecule has 21 heavy (non-hydrogen) atoms. The standard InChI is InChI=1S/C14H8ClF3N2O/c1-8-2-4-10(15)11(6-8)21-13-9(7-19)3-5-12(20-13)14(16,17)18/h2-6H,1H3. The highest BCUT2D eigenvalue weighted by Crippen LogP contribution is 2.34. The van der Waals surface area contributed by atoms with E-state index in [9.17, 15) is 13.2 Å². The Hall–Kier alpha value is -2.26. The third kappa shape index (κ3) is 3.44. The van der Waals surface area contributed by atoms with Crippen LogP contribution in [0.3, 0.4) is 0 Å². The summed E-state index contributed by atoms with van der Waals surface area (Å²) >= 11 is 5.91. The van der Waals surface area contributed by atoms with Crippen molar-refractivity contribution >= 4 is 11.6 Å². The maximum Gasteiger partial charge on any atom is 0.433 e. The number of ether oxygens (including phenoxy) is 1. The molecule has 0 N–H and O–H groups in total. The second kappa shape index (κ2) is 5.62. The van der Waals surface area contributed by atoms with Gasteiger partial charge in [-0.15, -0.1) is 0 Å². The highest BCUT2D eigenvalue weighted by atomic mass is 35.5. The van der Waals surface area contributed by atoms with Crippen LogP contribution < -0.4 is 4.74 Å². The van der Waals surface area contributed by atoms with Crippen LogP contribution >= 0.6 is 11.6 Å². The van der Waals surface area contributed by atoms with Gasteiger partial charge in [0.2, 0.25) is 5.88 Å². The van der Waals surface area contributed by atoms with Crippen molar-refractivity contribution in [2.45, 2.75) is 13.1 Å². The van der Waals surface area contributed by atoms with Crippen LogP contribution in [0.25, 0.3) is 0 Å². The maximum atomic E-state index is 12.7. The van der Waals surface area contributed by atoms with Gasteiger partial charge in [-0.05, 0) is 36.8 Å². The van der Waals surface area contributed by atoms with Crippen molar-refractivity contribution in [3.05, 3.63) is 52.2 Å². The second-order valence-corrected chi connectivity index (χ2v) is 4.60. The largest absolute Gasteiger partial charge is 0.436 e. The molecule has 0 amide bonds. The summed E-state index contributed by atoms with van der Waals surface area (Å²) in [7, 11) is 0. The van der Waals surface area contributed by atoms with Gasteiger partial charge in [0.1, 0.15) is 23.1 Å². The molecule has 0 bridgehead atoms. The first kappa shape index (κ1) is 15.1. The van der Waals surface area contributed by atoms with Gasteiger partial charge in [0.25, 0.3) is 0 Å². The topological polar surface area (TPSA) is 45.9 Å². The third-order valence-electron chi connectivity index (χ3n) is 2.56. The quantitative estimate of drug-likeness (QED) is 0.805. The average molecular weight is 313 g/mol. The molecule has 0 fully saturated rings. The number of rotatable bonds is 2. The van der Waals surface area contributed by atoms with Gasteiger partial charge in [0.15, 0.2) is 0 Å². The zero-order valence-electron chi connectivity index (χ0n) is 10.7. The minimum atomic E-state index is -4.62. The number of pyridine rings is 1. The molecule has 1 aromatic heterocycles. The van der Waals surface area contributed by atoms with Crippen molar-refractivity contribution in [1.29, 1.82) is 5.26 Å². The van der Waals surface area contributed by atoms with Crippen LogP contribution in [0.4, 0.5) is 13.2 Å². The molecule has 0 saturated carbocycles. The van der Waals surface area contributed by atoms with Crippen molar-refractivity contribution in [1.82, 2.24) is 4.98 Å². The predicted octanol–water partition coefficient (Wildman–Crippen LogP) is 4.73. The highest BCUT2D eigenvalue weighted by Gasteiger charge is 2.33. The molecular weight excluding hydrogens is 305 g/mol. The molecule has 0 atom stereocenters. The van der Waals surface area contributed by atoms with Crippen molar-refractivity contribution in [2.75, 3.05) is 0 Å². The Morgan fingerprint density at radius 1 is 1.24 bits per heavy atom. The molecule has 1 heterocycles.